The van der Waals surface area contributed by atoms with E-state index in [9.17, 15) is 17.6 Å². The number of carbonyl (C=O) groups excluding carboxylic acids is 1. The summed E-state index contributed by atoms with van der Waals surface area (Å²) in [6.45, 7) is 3.87. The summed E-state index contributed by atoms with van der Waals surface area (Å²) >= 11 is 7.68. The largest absolute Gasteiger partial charge is 0.497 e. The third-order valence-electron chi connectivity index (χ3n) is 5.75. The third-order valence-corrected chi connectivity index (χ3v) is 7.69. The molecule has 1 heterocycles. The molecule has 3 aromatic carbocycles. The van der Waals surface area contributed by atoms with E-state index in [-0.39, 0.29) is 5.91 Å². The maximum absolute atomic E-state index is 14.2. The van der Waals surface area contributed by atoms with Crippen LogP contribution in [0, 0.1) is 5.82 Å². The lowest BCUT2D eigenvalue weighted by Crippen LogP contribution is -2.20. The van der Waals surface area contributed by atoms with Gasteiger partial charge in [-0.1, -0.05) is 25.4 Å². The van der Waals surface area contributed by atoms with Gasteiger partial charge in [0.15, 0.2) is 0 Å². The number of fused-ring (bicyclic) bond motifs is 1. The van der Waals surface area contributed by atoms with Gasteiger partial charge in [0, 0.05) is 32.6 Å². The number of carbonyl (C=O) groups is 1. The predicted octanol–water partition coefficient (Wildman–Crippen LogP) is 6.65. The number of hydrogen-bond acceptors (Lipinski definition) is 5. The Morgan fingerprint density at radius 1 is 1.00 bits per heavy atom. The average Bonchev–Trinajstić information content (AvgIpc) is 3.20. The molecular weight excluding hydrogens is 523 g/mol. The van der Waals surface area contributed by atoms with Crippen LogP contribution in [0.2, 0.25) is 5.02 Å². The van der Waals surface area contributed by atoms with E-state index < -0.39 is 21.3 Å². The number of nitrogens with one attached hydrogen (secondary N) is 2. The Bertz CT molecular complexity index is 1580. The number of benzene rings is 3. The summed E-state index contributed by atoms with van der Waals surface area (Å²) in [6.07, 6.45) is 1.08. The molecule has 0 spiro atoms. The number of thiophene rings is 1. The van der Waals surface area contributed by atoms with E-state index in [0.717, 1.165) is 21.9 Å². The summed E-state index contributed by atoms with van der Waals surface area (Å²) in [5.74, 6) is -0.326. The fourth-order valence-electron chi connectivity index (χ4n) is 3.86. The molecule has 1 amide bonds. The van der Waals surface area contributed by atoms with Crippen LogP contribution in [-0.4, -0.2) is 27.7 Å². The summed E-state index contributed by atoms with van der Waals surface area (Å²) in [7, 11) is -1.93. The number of rotatable bonds is 7. The van der Waals surface area contributed by atoms with Crippen LogP contribution in [0.15, 0.2) is 60.7 Å². The topological polar surface area (TPSA) is 84.5 Å². The Labute approximate surface area is 218 Å². The van der Waals surface area contributed by atoms with Crippen molar-refractivity contribution in [2.45, 2.75) is 19.3 Å². The van der Waals surface area contributed by atoms with E-state index >= 15 is 0 Å². The smallest absolute Gasteiger partial charge is 0.265 e. The van der Waals surface area contributed by atoms with Crippen LogP contribution in [0.3, 0.4) is 0 Å². The van der Waals surface area contributed by atoms with Gasteiger partial charge in [0.25, 0.3) is 5.91 Å². The van der Waals surface area contributed by atoms with Gasteiger partial charge >= 0.3 is 0 Å². The Morgan fingerprint density at radius 2 is 1.72 bits per heavy atom. The SMILES string of the molecule is COc1cc(F)cc(C(C)(C)c2cc(Cl)cc(NC(=O)c3cc4cc(NS(C)(=O)=O)ccc4s3)c2)c1. The maximum Gasteiger partial charge on any atom is 0.265 e. The number of anilines is 2. The second-order valence-corrected chi connectivity index (χ2v) is 12.2. The molecule has 4 aromatic rings. The number of sulfonamides is 1. The van der Waals surface area contributed by atoms with E-state index in [0.29, 0.717) is 32.6 Å². The number of amides is 1. The zero-order valence-electron chi connectivity index (χ0n) is 20.0. The van der Waals surface area contributed by atoms with Gasteiger partial charge in [-0.05, 0) is 71.1 Å². The lowest BCUT2D eigenvalue weighted by Gasteiger charge is -2.27. The third kappa shape index (κ3) is 5.80. The minimum absolute atomic E-state index is 0.327. The highest BCUT2D eigenvalue weighted by molar-refractivity contribution is 7.92. The lowest BCUT2D eigenvalue weighted by molar-refractivity contribution is 0.103. The number of ether oxygens (including phenoxy) is 1. The van der Waals surface area contributed by atoms with Crippen LogP contribution >= 0.6 is 22.9 Å². The monoisotopic (exact) mass is 546 g/mol. The minimum atomic E-state index is -3.41. The molecule has 188 valence electrons. The normalized spacial score (nSPS) is 11.9. The number of hydrogen-bond donors (Lipinski definition) is 2. The van der Waals surface area contributed by atoms with Crippen molar-refractivity contribution in [3.05, 3.63) is 87.5 Å². The van der Waals surface area contributed by atoms with Gasteiger partial charge in [-0.3, -0.25) is 9.52 Å². The molecule has 10 heteroatoms. The van der Waals surface area contributed by atoms with Gasteiger partial charge in [-0.2, -0.15) is 0 Å². The quantitative estimate of drug-likeness (QED) is 0.272. The Balaban J connectivity index is 1.62. The zero-order chi connectivity index (χ0) is 26.3. The fourth-order valence-corrected chi connectivity index (χ4v) is 5.58. The van der Waals surface area contributed by atoms with Crippen molar-refractivity contribution in [3.63, 3.8) is 0 Å². The van der Waals surface area contributed by atoms with Crippen LogP contribution in [-0.2, 0) is 15.4 Å². The van der Waals surface area contributed by atoms with Crippen LogP contribution in [0.4, 0.5) is 15.8 Å². The van der Waals surface area contributed by atoms with Crippen molar-refractivity contribution in [3.8, 4) is 5.75 Å². The standard InChI is InChI=1S/C26H24ClFN2O4S2/c1-26(2,17-10-19(28)14-22(12-17)34-3)16-9-18(27)13-21(11-16)29-25(31)24-8-15-7-20(30-36(4,32)33)5-6-23(15)35-24/h5-14,30H,1-4H3,(H,29,31). The van der Waals surface area contributed by atoms with Crippen molar-refractivity contribution in [2.24, 2.45) is 0 Å². The first-order chi connectivity index (χ1) is 16.8. The van der Waals surface area contributed by atoms with Gasteiger partial charge in [0.1, 0.15) is 11.6 Å². The Morgan fingerprint density at radius 3 is 2.42 bits per heavy atom. The summed E-state index contributed by atoms with van der Waals surface area (Å²) < 4.78 is 45.7. The molecule has 0 aliphatic rings. The highest BCUT2D eigenvalue weighted by Crippen LogP contribution is 2.37. The highest BCUT2D eigenvalue weighted by Gasteiger charge is 2.26. The van der Waals surface area contributed by atoms with Gasteiger partial charge < -0.3 is 10.1 Å². The molecular formula is C26H24ClFN2O4S2. The molecule has 0 aliphatic heterocycles. The molecule has 36 heavy (non-hydrogen) atoms. The average molecular weight is 547 g/mol. The van der Waals surface area contributed by atoms with E-state index in [1.807, 2.05) is 19.9 Å². The summed E-state index contributed by atoms with van der Waals surface area (Å²) in [4.78, 5) is 13.5. The van der Waals surface area contributed by atoms with Crippen LogP contribution in [0.1, 0.15) is 34.6 Å². The Hall–Kier alpha value is -3.14. The van der Waals surface area contributed by atoms with E-state index in [4.69, 9.17) is 16.3 Å². The molecule has 0 atom stereocenters. The van der Waals surface area contributed by atoms with Crippen LogP contribution in [0.25, 0.3) is 10.1 Å². The molecule has 0 radical (unpaired) electrons. The first-order valence-corrected chi connectivity index (χ1v) is 13.9. The highest BCUT2D eigenvalue weighted by atomic mass is 35.5. The zero-order valence-corrected chi connectivity index (χ0v) is 22.4. The first kappa shape index (κ1) is 25.9. The second-order valence-electron chi connectivity index (χ2n) is 8.92. The van der Waals surface area contributed by atoms with E-state index in [1.165, 1.54) is 30.6 Å². The summed E-state index contributed by atoms with van der Waals surface area (Å²) in [6, 6.07) is 16.6. The molecule has 2 N–H and O–H groups in total. The van der Waals surface area contributed by atoms with Crippen LogP contribution in [0.5, 0.6) is 5.75 Å². The predicted molar refractivity (Wildman–Crippen MR) is 145 cm³/mol. The lowest BCUT2D eigenvalue weighted by atomic mass is 9.78. The molecule has 0 bridgehead atoms. The van der Waals surface area contributed by atoms with E-state index in [1.54, 1.807) is 42.5 Å². The number of methoxy groups -OCH3 is 1. The van der Waals surface area contributed by atoms with Gasteiger partial charge in [0.05, 0.1) is 18.2 Å². The van der Waals surface area contributed by atoms with E-state index in [2.05, 4.69) is 10.0 Å². The van der Waals surface area contributed by atoms with Crippen molar-refractivity contribution in [1.29, 1.82) is 0 Å². The van der Waals surface area contributed by atoms with Gasteiger partial charge in [0.2, 0.25) is 10.0 Å². The van der Waals surface area contributed by atoms with Crippen LogP contribution < -0.4 is 14.8 Å². The summed E-state index contributed by atoms with van der Waals surface area (Å²) in [5.41, 5.74) is 1.76. The summed E-state index contributed by atoms with van der Waals surface area (Å²) in [5, 5.41) is 4.05. The van der Waals surface area contributed by atoms with Crippen molar-refractivity contribution < 1.29 is 22.3 Å². The van der Waals surface area contributed by atoms with Crippen molar-refractivity contribution in [2.75, 3.05) is 23.4 Å². The molecule has 0 fully saturated rings. The fraction of sp³-hybridized carbons (Fsp3) is 0.192. The molecule has 1 aromatic heterocycles. The molecule has 4 rings (SSSR count). The molecule has 0 aliphatic carbocycles. The van der Waals surface area contributed by atoms with Gasteiger partial charge in [-0.15, -0.1) is 11.3 Å². The number of halogens is 2. The first-order valence-electron chi connectivity index (χ1n) is 10.8. The second kappa shape index (κ2) is 9.72. The van der Waals surface area contributed by atoms with Crippen molar-refractivity contribution >= 4 is 60.3 Å². The Kier molecular flexibility index (Phi) is 7.01. The minimum Gasteiger partial charge on any atom is -0.497 e. The van der Waals surface area contributed by atoms with Gasteiger partial charge in [-0.25, -0.2) is 12.8 Å². The molecule has 6 nitrogen and oxygen atoms in total. The molecule has 0 saturated carbocycles. The van der Waals surface area contributed by atoms with Crippen molar-refractivity contribution in [1.82, 2.24) is 0 Å². The maximum atomic E-state index is 14.2. The molecule has 0 saturated heterocycles. The molecule has 0 unspecified atom stereocenters.